The summed E-state index contributed by atoms with van der Waals surface area (Å²) in [5.74, 6) is 1.20. The molecule has 0 nitrogen and oxygen atoms in total. The second kappa shape index (κ2) is 4.38. The second-order valence-electron chi connectivity index (χ2n) is 6.86. The van der Waals surface area contributed by atoms with Crippen molar-refractivity contribution in [3.05, 3.63) is 60.2 Å². The van der Waals surface area contributed by atoms with Gasteiger partial charge in [0.15, 0.2) is 0 Å². The molecule has 0 aliphatic heterocycles. The molecule has 0 radical (unpaired) electrons. The van der Waals surface area contributed by atoms with E-state index >= 15 is 0 Å². The maximum Gasteiger partial charge on any atom is 0.00182 e. The van der Waals surface area contributed by atoms with Gasteiger partial charge in [0.25, 0.3) is 0 Å². The Morgan fingerprint density at radius 1 is 0.667 bits per heavy atom. The number of rotatable bonds is 2. The lowest BCUT2D eigenvalue weighted by Gasteiger charge is -2.25. The summed E-state index contributed by atoms with van der Waals surface area (Å²) in [6.07, 6.45) is 7.16. The minimum absolute atomic E-state index is 0.522. The molecule has 0 fully saturated rings. The van der Waals surface area contributed by atoms with Gasteiger partial charge in [-0.3, -0.25) is 0 Å². The van der Waals surface area contributed by atoms with E-state index in [1.807, 2.05) is 0 Å². The van der Waals surface area contributed by atoms with Gasteiger partial charge < -0.3 is 0 Å². The minimum Gasteiger partial charge on any atom is -0.246 e. The largest absolute Gasteiger partial charge is 0.246 e. The van der Waals surface area contributed by atoms with Gasteiger partial charge >= 0.3 is 0 Å². The Kier molecular flexibility index (Phi) is 2.71. The first-order valence-corrected chi connectivity index (χ1v) is 10.4. The van der Waals surface area contributed by atoms with E-state index in [-0.39, 0.29) is 0 Å². The fourth-order valence-corrected chi connectivity index (χ4v) is 4.57. The van der Waals surface area contributed by atoms with Gasteiger partial charge in [-0.1, -0.05) is 54.6 Å². The van der Waals surface area contributed by atoms with Crippen LogP contribution in [0.25, 0.3) is 32.3 Å². The molecule has 0 spiro atoms. The normalized spacial score (nSPS) is 13.5. The summed E-state index contributed by atoms with van der Waals surface area (Å²) in [6, 6.07) is 20.5. The molecule has 0 aliphatic carbocycles. The van der Waals surface area contributed by atoms with E-state index in [1.54, 1.807) is 0 Å². The Morgan fingerprint density at radius 2 is 1.14 bits per heavy atom. The van der Waals surface area contributed by atoms with Crippen molar-refractivity contribution < 1.29 is 0 Å². The molecule has 21 heavy (non-hydrogen) atoms. The zero-order chi connectivity index (χ0) is 14.6. The van der Waals surface area contributed by atoms with Gasteiger partial charge in [-0.05, 0) is 56.6 Å². The summed E-state index contributed by atoms with van der Waals surface area (Å²) in [5, 5.41) is 8.31. The molecule has 4 aromatic rings. The highest BCUT2D eigenvalue weighted by Gasteiger charge is 2.11. The van der Waals surface area contributed by atoms with Crippen molar-refractivity contribution in [3.8, 4) is 0 Å². The van der Waals surface area contributed by atoms with Crippen LogP contribution in [0.2, 0.25) is 0 Å². The Bertz CT molecular complexity index is 881. The average molecular weight is 292 g/mol. The fraction of sp³-hybridized carbons (Fsp3) is 0.200. The van der Waals surface area contributed by atoms with Crippen molar-refractivity contribution in [1.82, 2.24) is 0 Å². The molecule has 0 amide bonds. The summed E-state index contributed by atoms with van der Waals surface area (Å²) < 4.78 is 0. The van der Waals surface area contributed by atoms with Crippen molar-refractivity contribution in [2.24, 2.45) is 0 Å². The van der Waals surface area contributed by atoms with Crippen molar-refractivity contribution >= 4 is 42.3 Å². The molecule has 0 aromatic heterocycles. The fourth-order valence-electron chi connectivity index (χ4n) is 3.40. The molecule has 0 bridgehead atoms. The van der Waals surface area contributed by atoms with Crippen LogP contribution in [0.15, 0.2) is 54.6 Å². The summed E-state index contributed by atoms with van der Waals surface area (Å²) in [5.41, 5.74) is 1.48. The lowest BCUT2D eigenvalue weighted by atomic mass is 9.93. The van der Waals surface area contributed by atoms with E-state index in [0.717, 1.165) is 0 Å². The highest BCUT2D eigenvalue weighted by molar-refractivity contribution is 8.31. The Hall–Kier alpha value is -1.73. The van der Waals surface area contributed by atoms with Crippen LogP contribution in [-0.4, -0.2) is 18.8 Å². The SMILES string of the molecule is CS(C)(C)Cc1cc2ccc3cccc4ccc(c1)c2c34. The summed E-state index contributed by atoms with van der Waals surface area (Å²) in [4.78, 5) is 0. The molecule has 0 saturated carbocycles. The van der Waals surface area contributed by atoms with Crippen molar-refractivity contribution in [2.75, 3.05) is 18.8 Å². The zero-order valence-corrected chi connectivity index (χ0v) is 13.6. The number of hydrogen-bond acceptors (Lipinski definition) is 0. The smallest absolute Gasteiger partial charge is 0.00182 e. The molecule has 0 aliphatic rings. The molecule has 0 heterocycles. The first kappa shape index (κ1) is 13.0. The van der Waals surface area contributed by atoms with Crippen molar-refractivity contribution in [3.63, 3.8) is 0 Å². The van der Waals surface area contributed by atoms with Crippen LogP contribution >= 0.6 is 10.0 Å². The van der Waals surface area contributed by atoms with Gasteiger partial charge in [0.05, 0.1) is 0 Å². The third-order valence-electron chi connectivity index (χ3n) is 4.12. The maximum absolute atomic E-state index is 2.40. The summed E-state index contributed by atoms with van der Waals surface area (Å²) in [6.45, 7) is 0. The van der Waals surface area contributed by atoms with Gasteiger partial charge in [0.2, 0.25) is 0 Å². The lowest BCUT2D eigenvalue weighted by Crippen LogP contribution is -1.97. The highest BCUT2D eigenvalue weighted by atomic mass is 32.3. The van der Waals surface area contributed by atoms with Crippen LogP contribution in [0.4, 0.5) is 0 Å². The molecule has 0 unspecified atom stereocenters. The molecular formula is C20H20S. The van der Waals surface area contributed by atoms with Crippen LogP contribution in [-0.2, 0) is 5.75 Å². The Labute approximate surface area is 127 Å². The van der Waals surface area contributed by atoms with Crippen LogP contribution in [0, 0.1) is 0 Å². The molecule has 0 saturated heterocycles. The van der Waals surface area contributed by atoms with Gasteiger partial charge in [-0.25, -0.2) is 10.0 Å². The van der Waals surface area contributed by atoms with Crippen LogP contribution < -0.4 is 0 Å². The first-order chi connectivity index (χ1) is 10.0. The van der Waals surface area contributed by atoms with E-state index in [1.165, 1.54) is 43.6 Å². The van der Waals surface area contributed by atoms with Gasteiger partial charge in [0.1, 0.15) is 0 Å². The zero-order valence-electron chi connectivity index (χ0n) is 12.8. The quantitative estimate of drug-likeness (QED) is 0.411. The van der Waals surface area contributed by atoms with Crippen LogP contribution in [0.1, 0.15) is 5.56 Å². The monoisotopic (exact) mass is 292 g/mol. The minimum atomic E-state index is -0.522. The first-order valence-electron chi connectivity index (χ1n) is 7.34. The average Bonchev–Trinajstić information content (AvgIpc) is 2.42. The molecule has 4 rings (SSSR count). The summed E-state index contributed by atoms with van der Waals surface area (Å²) in [7, 11) is -0.522. The lowest BCUT2D eigenvalue weighted by molar-refractivity contribution is 1.43. The predicted octanol–water partition coefficient (Wildman–Crippen LogP) is 5.78. The van der Waals surface area contributed by atoms with Gasteiger partial charge in [-0.15, -0.1) is 0 Å². The number of benzene rings is 4. The molecule has 0 N–H and O–H groups in total. The van der Waals surface area contributed by atoms with Gasteiger partial charge in [-0.2, -0.15) is 0 Å². The predicted molar refractivity (Wildman–Crippen MR) is 99.2 cm³/mol. The third-order valence-corrected chi connectivity index (χ3v) is 5.32. The van der Waals surface area contributed by atoms with Gasteiger partial charge in [0, 0.05) is 5.75 Å². The molecule has 106 valence electrons. The van der Waals surface area contributed by atoms with Crippen LogP contribution in [0.3, 0.4) is 0 Å². The van der Waals surface area contributed by atoms with E-state index in [9.17, 15) is 0 Å². The molecule has 0 atom stereocenters. The Morgan fingerprint density at radius 3 is 1.67 bits per heavy atom. The molecular weight excluding hydrogens is 272 g/mol. The summed E-state index contributed by atoms with van der Waals surface area (Å²) >= 11 is 0. The topological polar surface area (TPSA) is 0 Å². The highest BCUT2D eigenvalue weighted by Crippen LogP contribution is 2.41. The van der Waals surface area contributed by atoms with Crippen molar-refractivity contribution in [2.45, 2.75) is 5.75 Å². The van der Waals surface area contributed by atoms with E-state index in [2.05, 4.69) is 73.4 Å². The Balaban J connectivity index is 2.08. The maximum atomic E-state index is 2.40. The second-order valence-corrected chi connectivity index (χ2v) is 11.3. The standard InChI is InChI=1S/C20H20S/c1-21(2,3)13-14-11-17-9-7-15-5-4-6-16-8-10-18(12-14)20(17)19(15)16/h4-12H,13H2,1-3H3. The van der Waals surface area contributed by atoms with E-state index in [0.29, 0.717) is 0 Å². The van der Waals surface area contributed by atoms with E-state index in [4.69, 9.17) is 0 Å². The number of hydrogen-bond donors (Lipinski definition) is 0. The molecule has 4 aromatic carbocycles. The van der Waals surface area contributed by atoms with E-state index < -0.39 is 10.0 Å². The molecule has 1 heteroatoms. The third kappa shape index (κ3) is 2.16. The van der Waals surface area contributed by atoms with Crippen LogP contribution in [0.5, 0.6) is 0 Å². The van der Waals surface area contributed by atoms with Crippen molar-refractivity contribution in [1.29, 1.82) is 0 Å².